The molecule has 5 heteroatoms. The number of alkyl halides is 3. The number of amides is 1. The van der Waals surface area contributed by atoms with E-state index in [4.69, 9.17) is 34.8 Å². The molecule has 0 N–H and O–H groups in total. The minimum absolute atomic E-state index is 0.575. The number of benzene rings is 1. The Morgan fingerprint density at radius 1 is 1.21 bits per heavy atom. The highest BCUT2D eigenvalue weighted by molar-refractivity contribution is 6.76. The molecule has 2 nitrogen and oxygen atoms in total. The minimum atomic E-state index is -1.91. The summed E-state index contributed by atoms with van der Waals surface area (Å²) in [7, 11) is 1.56. The molecule has 0 fully saturated rings. The maximum Gasteiger partial charge on any atom is 0.278 e. The predicted octanol–water partition coefficient (Wildman–Crippen LogP) is 3.02. The number of carbonyl (C=O) groups is 1. The van der Waals surface area contributed by atoms with Crippen molar-refractivity contribution < 1.29 is 4.79 Å². The van der Waals surface area contributed by atoms with Gasteiger partial charge in [-0.25, -0.2) is 0 Å². The maximum atomic E-state index is 11.5. The normalized spacial score (nSPS) is 11.1. The standard InChI is InChI=1S/C9H8Cl3NO/c1-13(8(14)9(10,11)12)7-5-3-2-4-6-7/h2-6H,1H3. The summed E-state index contributed by atoms with van der Waals surface area (Å²) in [6.45, 7) is 0. The van der Waals surface area contributed by atoms with Crippen LogP contribution in [0.5, 0.6) is 0 Å². The molecule has 0 aliphatic rings. The molecular weight excluding hydrogens is 244 g/mol. The van der Waals surface area contributed by atoms with Crippen LogP contribution in [0.2, 0.25) is 0 Å². The molecule has 0 unspecified atom stereocenters. The van der Waals surface area contributed by atoms with E-state index in [9.17, 15) is 4.79 Å². The monoisotopic (exact) mass is 251 g/mol. The SMILES string of the molecule is CN(C(=O)C(Cl)(Cl)Cl)c1ccccc1. The van der Waals surface area contributed by atoms with Gasteiger partial charge in [-0.15, -0.1) is 0 Å². The molecule has 0 atom stereocenters. The maximum absolute atomic E-state index is 11.5. The summed E-state index contributed by atoms with van der Waals surface area (Å²) < 4.78 is -1.91. The molecule has 0 saturated heterocycles. The second kappa shape index (κ2) is 4.39. The van der Waals surface area contributed by atoms with Crippen molar-refractivity contribution in [2.24, 2.45) is 0 Å². The molecule has 76 valence electrons. The van der Waals surface area contributed by atoms with Gasteiger partial charge in [-0.05, 0) is 12.1 Å². The van der Waals surface area contributed by atoms with Crippen molar-refractivity contribution in [2.75, 3.05) is 11.9 Å². The van der Waals surface area contributed by atoms with E-state index in [1.54, 1.807) is 31.3 Å². The van der Waals surface area contributed by atoms with Crippen LogP contribution in [-0.2, 0) is 4.79 Å². The summed E-state index contributed by atoms with van der Waals surface area (Å²) in [6.07, 6.45) is 0. The van der Waals surface area contributed by atoms with Crippen molar-refractivity contribution in [3.8, 4) is 0 Å². The van der Waals surface area contributed by atoms with E-state index in [1.165, 1.54) is 4.90 Å². The van der Waals surface area contributed by atoms with E-state index in [-0.39, 0.29) is 0 Å². The Hall–Kier alpha value is -0.440. The van der Waals surface area contributed by atoms with Crippen LogP contribution in [0.3, 0.4) is 0 Å². The van der Waals surface area contributed by atoms with Crippen LogP contribution >= 0.6 is 34.8 Å². The lowest BCUT2D eigenvalue weighted by molar-refractivity contribution is -0.117. The summed E-state index contributed by atoms with van der Waals surface area (Å²) in [5, 5.41) is 0. The first-order valence-electron chi connectivity index (χ1n) is 3.83. The fourth-order valence-electron chi connectivity index (χ4n) is 0.959. The fraction of sp³-hybridized carbons (Fsp3) is 0.222. The third kappa shape index (κ3) is 2.77. The smallest absolute Gasteiger partial charge is 0.278 e. The second-order valence-electron chi connectivity index (χ2n) is 2.70. The van der Waals surface area contributed by atoms with E-state index in [2.05, 4.69) is 0 Å². The van der Waals surface area contributed by atoms with Crippen molar-refractivity contribution in [3.63, 3.8) is 0 Å². The Kier molecular flexibility index (Phi) is 3.65. The van der Waals surface area contributed by atoms with Crippen LogP contribution in [0.4, 0.5) is 5.69 Å². The van der Waals surface area contributed by atoms with Crippen LogP contribution in [0.25, 0.3) is 0 Å². The van der Waals surface area contributed by atoms with Gasteiger partial charge in [0.1, 0.15) is 0 Å². The third-order valence-electron chi connectivity index (χ3n) is 1.69. The van der Waals surface area contributed by atoms with E-state index in [0.29, 0.717) is 5.69 Å². The van der Waals surface area contributed by atoms with Crippen molar-refractivity contribution in [3.05, 3.63) is 30.3 Å². The van der Waals surface area contributed by atoms with Gasteiger partial charge in [0.2, 0.25) is 0 Å². The highest BCUT2D eigenvalue weighted by Gasteiger charge is 2.33. The first-order valence-corrected chi connectivity index (χ1v) is 4.96. The van der Waals surface area contributed by atoms with Crippen LogP contribution < -0.4 is 4.90 Å². The van der Waals surface area contributed by atoms with E-state index >= 15 is 0 Å². The average molecular weight is 253 g/mol. The summed E-state index contributed by atoms with van der Waals surface area (Å²) in [5.74, 6) is -0.575. The number of carbonyl (C=O) groups excluding carboxylic acids is 1. The molecule has 0 bridgehead atoms. The first-order chi connectivity index (χ1) is 6.43. The first kappa shape index (κ1) is 11.6. The Morgan fingerprint density at radius 3 is 2.14 bits per heavy atom. The molecule has 1 amide bonds. The van der Waals surface area contributed by atoms with Crippen molar-refractivity contribution >= 4 is 46.4 Å². The molecule has 1 aromatic carbocycles. The topological polar surface area (TPSA) is 20.3 Å². The summed E-state index contributed by atoms with van der Waals surface area (Å²) in [5.41, 5.74) is 0.684. The second-order valence-corrected chi connectivity index (χ2v) is 4.98. The van der Waals surface area contributed by atoms with E-state index in [1.807, 2.05) is 6.07 Å². The van der Waals surface area contributed by atoms with Crippen molar-refractivity contribution in [1.29, 1.82) is 0 Å². The average Bonchev–Trinajstić information content (AvgIpc) is 2.15. The van der Waals surface area contributed by atoms with Gasteiger partial charge in [0.05, 0.1) is 0 Å². The molecule has 1 rings (SSSR count). The van der Waals surface area contributed by atoms with E-state index < -0.39 is 9.70 Å². The number of nitrogens with zero attached hydrogens (tertiary/aromatic N) is 1. The molecule has 0 heterocycles. The number of halogens is 3. The summed E-state index contributed by atoms with van der Waals surface area (Å²) in [4.78, 5) is 12.8. The molecular formula is C9H8Cl3NO. The molecule has 0 radical (unpaired) electrons. The van der Waals surface area contributed by atoms with E-state index in [0.717, 1.165) is 0 Å². The minimum Gasteiger partial charge on any atom is -0.312 e. The van der Waals surface area contributed by atoms with Crippen molar-refractivity contribution in [2.45, 2.75) is 3.79 Å². The zero-order valence-corrected chi connectivity index (χ0v) is 9.64. The van der Waals surface area contributed by atoms with Gasteiger partial charge in [-0.1, -0.05) is 53.0 Å². The van der Waals surface area contributed by atoms with Gasteiger partial charge >= 0.3 is 0 Å². The molecule has 0 saturated carbocycles. The molecule has 14 heavy (non-hydrogen) atoms. The highest BCUT2D eigenvalue weighted by atomic mass is 35.6. The number of hydrogen-bond acceptors (Lipinski definition) is 1. The zero-order chi connectivity index (χ0) is 10.8. The Morgan fingerprint density at radius 2 is 1.71 bits per heavy atom. The largest absolute Gasteiger partial charge is 0.312 e. The lowest BCUT2D eigenvalue weighted by Crippen LogP contribution is -2.36. The van der Waals surface area contributed by atoms with Crippen LogP contribution in [-0.4, -0.2) is 16.7 Å². The Labute approximate surface area is 97.4 Å². The predicted molar refractivity (Wildman–Crippen MR) is 60.1 cm³/mol. The number of rotatable bonds is 1. The lowest BCUT2D eigenvalue weighted by atomic mass is 10.3. The van der Waals surface area contributed by atoms with Gasteiger partial charge in [-0.3, -0.25) is 4.79 Å². The molecule has 0 spiro atoms. The lowest BCUT2D eigenvalue weighted by Gasteiger charge is -2.21. The van der Waals surface area contributed by atoms with Crippen molar-refractivity contribution in [1.82, 2.24) is 0 Å². The number of para-hydroxylation sites is 1. The van der Waals surface area contributed by atoms with Gasteiger partial charge in [0.25, 0.3) is 9.70 Å². The highest BCUT2D eigenvalue weighted by Crippen LogP contribution is 2.29. The van der Waals surface area contributed by atoms with Gasteiger partial charge in [0.15, 0.2) is 0 Å². The van der Waals surface area contributed by atoms with Crippen LogP contribution in [0.15, 0.2) is 30.3 Å². The molecule has 0 aromatic heterocycles. The molecule has 0 aliphatic carbocycles. The Bertz CT molecular complexity index is 321. The summed E-state index contributed by atoms with van der Waals surface area (Å²) in [6, 6.07) is 8.97. The van der Waals surface area contributed by atoms with Gasteiger partial charge in [-0.2, -0.15) is 0 Å². The van der Waals surface area contributed by atoms with Crippen LogP contribution in [0.1, 0.15) is 0 Å². The number of hydrogen-bond donors (Lipinski definition) is 0. The molecule has 1 aromatic rings. The Balaban J connectivity index is 2.87. The molecule has 0 aliphatic heterocycles. The quantitative estimate of drug-likeness (QED) is 0.704. The third-order valence-corrected chi connectivity index (χ3v) is 2.18. The summed E-state index contributed by atoms with van der Waals surface area (Å²) >= 11 is 16.4. The number of anilines is 1. The zero-order valence-electron chi connectivity index (χ0n) is 7.38. The fourth-order valence-corrected chi connectivity index (χ4v) is 1.34. The van der Waals surface area contributed by atoms with Gasteiger partial charge < -0.3 is 4.90 Å². The van der Waals surface area contributed by atoms with Gasteiger partial charge in [0, 0.05) is 12.7 Å². The van der Waals surface area contributed by atoms with Crippen LogP contribution in [0, 0.1) is 0 Å².